The van der Waals surface area contributed by atoms with Crippen molar-refractivity contribution in [2.75, 3.05) is 0 Å². The summed E-state index contributed by atoms with van der Waals surface area (Å²) in [5.41, 5.74) is 8.10. The van der Waals surface area contributed by atoms with Crippen LogP contribution in [0.4, 0.5) is 0 Å². The Labute approximate surface area is 125 Å². The Hall–Kier alpha value is -1.94. The molecule has 0 aliphatic rings. The number of allylic oxidation sites excluding steroid dienone is 1. The van der Waals surface area contributed by atoms with Gasteiger partial charge in [0.2, 0.25) is 0 Å². The van der Waals surface area contributed by atoms with Crippen LogP contribution in [0.25, 0.3) is 5.57 Å². The minimum Gasteiger partial charge on any atom is -0.480 e. The third-order valence-corrected chi connectivity index (χ3v) is 3.66. The quantitative estimate of drug-likeness (QED) is 0.771. The lowest BCUT2D eigenvalue weighted by atomic mass is 9.87. The molecule has 1 aromatic rings. The standard InChI is InChI=1S/C17H23NO3/c1-4-14(16(19)5-2)11(3)13-8-6-12(7-9-13)10-15(18)17(20)21/h6-9,14-15H,3-5,10,18H2,1-2H3,(H,20,21)/t14-,15?/m0/s1. The highest BCUT2D eigenvalue weighted by molar-refractivity contribution is 5.92. The Balaban J connectivity index is 2.84. The molecule has 0 saturated heterocycles. The van der Waals surface area contributed by atoms with Gasteiger partial charge in [-0.1, -0.05) is 44.7 Å². The maximum absolute atomic E-state index is 11.9. The van der Waals surface area contributed by atoms with E-state index in [1.807, 2.05) is 38.1 Å². The summed E-state index contributed by atoms with van der Waals surface area (Å²) < 4.78 is 0. The minimum absolute atomic E-state index is 0.151. The fourth-order valence-corrected chi connectivity index (χ4v) is 2.31. The summed E-state index contributed by atoms with van der Waals surface area (Å²) in [5.74, 6) is -0.968. The number of benzene rings is 1. The van der Waals surface area contributed by atoms with E-state index < -0.39 is 12.0 Å². The molecule has 0 radical (unpaired) electrons. The SMILES string of the molecule is C=C(c1ccc(CC(N)C(=O)O)cc1)[C@H](CC)C(=O)CC. The van der Waals surface area contributed by atoms with E-state index in [1.54, 1.807) is 0 Å². The third-order valence-electron chi connectivity index (χ3n) is 3.66. The third kappa shape index (κ3) is 4.53. The van der Waals surface area contributed by atoms with Crippen molar-refractivity contribution >= 4 is 17.3 Å². The number of carboxylic acid groups (broad SMARTS) is 1. The molecule has 21 heavy (non-hydrogen) atoms. The van der Waals surface area contributed by atoms with Crippen molar-refractivity contribution in [3.8, 4) is 0 Å². The van der Waals surface area contributed by atoms with Gasteiger partial charge in [0, 0.05) is 12.3 Å². The summed E-state index contributed by atoms with van der Waals surface area (Å²) in [4.78, 5) is 22.6. The zero-order valence-corrected chi connectivity index (χ0v) is 12.6. The summed E-state index contributed by atoms with van der Waals surface area (Å²) in [6.07, 6.45) is 1.52. The van der Waals surface area contributed by atoms with Gasteiger partial charge in [0.1, 0.15) is 11.8 Å². The highest BCUT2D eigenvalue weighted by atomic mass is 16.4. The Bertz CT molecular complexity index is 519. The van der Waals surface area contributed by atoms with E-state index in [4.69, 9.17) is 10.8 Å². The number of nitrogens with two attached hydrogens (primary N) is 1. The van der Waals surface area contributed by atoms with Crippen LogP contribution in [-0.2, 0) is 16.0 Å². The molecule has 0 heterocycles. The van der Waals surface area contributed by atoms with Crippen LogP contribution in [0.15, 0.2) is 30.8 Å². The zero-order valence-electron chi connectivity index (χ0n) is 12.6. The van der Waals surface area contributed by atoms with Crippen LogP contribution in [-0.4, -0.2) is 22.9 Å². The van der Waals surface area contributed by atoms with Crippen LogP contribution in [0.1, 0.15) is 37.8 Å². The summed E-state index contributed by atoms with van der Waals surface area (Å²) >= 11 is 0. The summed E-state index contributed by atoms with van der Waals surface area (Å²) in [6, 6.07) is 6.53. The second kappa shape index (κ2) is 7.74. The van der Waals surface area contributed by atoms with Gasteiger partial charge in [-0.15, -0.1) is 0 Å². The Morgan fingerprint density at radius 3 is 2.24 bits per heavy atom. The molecule has 1 unspecified atom stereocenters. The van der Waals surface area contributed by atoms with E-state index >= 15 is 0 Å². The lowest BCUT2D eigenvalue weighted by Gasteiger charge is -2.17. The number of hydrogen-bond acceptors (Lipinski definition) is 3. The zero-order chi connectivity index (χ0) is 16.0. The Morgan fingerprint density at radius 2 is 1.81 bits per heavy atom. The first-order chi connectivity index (χ1) is 9.90. The molecule has 0 bridgehead atoms. The van der Waals surface area contributed by atoms with E-state index in [0.717, 1.165) is 23.1 Å². The van der Waals surface area contributed by atoms with Gasteiger partial charge in [0.05, 0.1) is 0 Å². The Morgan fingerprint density at radius 1 is 1.24 bits per heavy atom. The summed E-state index contributed by atoms with van der Waals surface area (Å²) in [5, 5.41) is 8.80. The summed E-state index contributed by atoms with van der Waals surface area (Å²) in [7, 11) is 0. The van der Waals surface area contributed by atoms with Gasteiger partial charge in [-0.2, -0.15) is 0 Å². The van der Waals surface area contributed by atoms with E-state index in [0.29, 0.717) is 6.42 Å². The Kier molecular flexibility index (Phi) is 6.31. The van der Waals surface area contributed by atoms with Crippen molar-refractivity contribution in [1.82, 2.24) is 0 Å². The van der Waals surface area contributed by atoms with Crippen molar-refractivity contribution in [3.63, 3.8) is 0 Å². The van der Waals surface area contributed by atoms with Crippen molar-refractivity contribution in [2.45, 2.75) is 39.2 Å². The van der Waals surface area contributed by atoms with Gasteiger partial charge in [-0.25, -0.2) is 0 Å². The van der Waals surface area contributed by atoms with Gasteiger partial charge in [-0.05, 0) is 29.5 Å². The first-order valence-corrected chi connectivity index (χ1v) is 7.19. The number of carboxylic acids is 1. The van der Waals surface area contributed by atoms with E-state index in [2.05, 4.69) is 6.58 Å². The van der Waals surface area contributed by atoms with Gasteiger partial charge < -0.3 is 10.8 Å². The molecule has 0 spiro atoms. The molecule has 4 heteroatoms. The minimum atomic E-state index is -1.01. The highest BCUT2D eigenvalue weighted by Crippen LogP contribution is 2.26. The number of rotatable bonds is 8. The normalized spacial score (nSPS) is 13.5. The van der Waals surface area contributed by atoms with Crippen molar-refractivity contribution < 1.29 is 14.7 Å². The number of hydrogen-bond donors (Lipinski definition) is 2. The predicted molar refractivity (Wildman–Crippen MR) is 83.9 cm³/mol. The van der Waals surface area contributed by atoms with Gasteiger partial charge in [0.15, 0.2) is 0 Å². The number of carbonyl (C=O) groups excluding carboxylic acids is 1. The first-order valence-electron chi connectivity index (χ1n) is 7.19. The van der Waals surface area contributed by atoms with Gasteiger partial charge in [0.25, 0.3) is 0 Å². The average Bonchev–Trinajstić information content (AvgIpc) is 2.48. The maximum atomic E-state index is 11.9. The molecule has 0 fully saturated rings. The van der Waals surface area contributed by atoms with Crippen LogP contribution >= 0.6 is 0 Å². The molecule has 0 aliphatic heterocycles. The maximum Gasteiger partial charge on any atom is 0.320 e. The van der Waals surface area contributed by atoms with Crippen LogP contribution < -0.4 is 5.73 Å². The van der Waals surface area contributed by atoms with Crippen LogP contribution in [0, 0.1) is 5.92 Å². The van der Waals surface area contributed by atoms with Crippen LogP contribution in [0.2, 0.25) is 0 Å². The molecule has 1 aromatic carbocycles. The topological polar surface area (TPSA) is 80.4 Å². The molecule has 4 nitrogen and oxygen atoms in total. The van der Waals surface area contributed by atoms with Crippen molar-refractivity contribution in [2.24, 2.45) is 11.7 Å². The first kappa shape index (κ1) is 17.1. The van der Waals surface area contributed by atoms with Crippen molar-refractivity contribution in [1.29, 1.82) is 0 Å². The molecule has 0 aliphatic carbocycles. The second-order valence-electron chi connectivity index (χ2n) is 5.15. The molecule has 0 amide bonds. The molecule has 114 valence electrons. The fourth-order valence-electron chi connectivity index (χ4n) is 2.31. The summed E-state index contributed by atoms with van der Waals surface area (Å²) in [6.45, 7) is 7.88. The molecule has 2 atom stereocenters. The van der Waals surface area contributed by atoms with E-state index in [9.17, 15) is 9.59 Å². The van der Waals surface area contributed by atoms with E-state index in [1.165, 1.54) is 0 Å². The van der Waals surface area contributed by atoms with E-state index in [-0.39, 0.29) is 18.1 Å². The second-order valence-corrected chi connectivity index (χ2v) is 5.15. The predicted octanol–water partition coefficient (Wildman–Crippen LogP) is 2.66. The number of carbonyl (C=O) groups is 2. The number of aliphatic carboxylic acids is 1. The molecular weight excluding hydrogens is 266 g/mol. The molecule has 0 aromatic heterocycles. The molecule has 0 saturated carbocycles. The monoisotopic (exact) mass is 289 g/mol. The molecule has 3 N–H and O–H groups in total. The largest absolute Gasteiger partial charge is 0.480 e. The number of ketones is 1. The van der Waals surface area contributed by atoms with Gasteiger partial charge >= 0.3 is 5.97 Å². The average molecular weight is 289 g/mol. The fraction of sp³-hybridized carbons (Fsp3) is 0.412. The van der Waals surface area contributed by atoms with Crippen LogP contribution in [0.3, 0.4) is 0 Å². The lowest BCUT2D eigenvalue weighted by molar-refractivity contribution is -0.138. The molecule has 1 rings (SSSR count). The molecular formula is C17H23NO3. The lowest BCUT2D eigenvalue weighted by Crippen LogP contribution is -2.32. The number of Topliss-reactive ketones (excluding diaryl/α,β-unsaturated/α-hetero) is 1. The smallest absolute Gasteiger partial charge is 0.320 e. The van der Waals surface area contributed by atoms with Crippen LogP contribution in [0.5, 0.6) is 0 Å². The van der Waals surface area contributed by atoms with Gasteiger partial charge in [-0.3, -0.25) is 9.59 Å². The highest BCUT2D eigenvalue weighted by Gasteiger charge is 2.19. The van der Waals surface area contributed by atoms with Crippen molar-refractivity contribution in [3.05, 3.63) is 42.0 Å².